The summed E-state index contributed by atoms with van der Waals surface area (Å²) >= 11 is 0. The summed E-state index contributed by atoms with van der Waals surface area (Å²) < 4.78 is 19.4. The van der Waals surface area contributed by atoms with Crippen LogP contribution in [0.5, 0.6) is 0 Å². The molecule has 0 aliphatic carbocycles. The Morgan fingerprint density at radius 2 is 1.76 bits per heavy atom. The SMILES string of the molecule is N#Cc1c(F)cccc1C(=O)C1CC2CCC(C1)N2C(=O)OCc1ccccc1. The maximum Gasteiger partial charge on any atom is 0.410 e. The van der Waals surface area contributed by atoms with Crippen LogP contribution in [0, 0.1) is 23.1 Å². The first kappa shape index (κ1) is 19.1. The number of ether oxygens (including phenoxy) is 1. The summed E-state index contributed by atoms with van der Waals surface area (Å²) in [5.41, 5.74) is 0.861. The number of rotatable bonds is 4. The van der Waals surface area contributed by atoms with Crippen LogP contribution in [0.25, 0.3) is 0 Å². The second-order valence-corrected chi connectivity index (χ2v) is 7.64. The van der Waals surface area contributed by atoms with Gasteiger partial charge in [0.25, 0.3) is 0 Å². The molecule has 0 spiro atoms. The summed E-state index contributed by atoms with van der Waals surface area (Å²) in [4.78, 5) is 27.4. The monoisotopic (exact) mass is 392 g/mol. The van der Waals surface area contributed by atoms with Gasteiger partial charge in [-0.15, -0.1) is 0 Å². The molecule has 4 rings (SSSR count). The van der Waals surface area contributed by atoms with Crippen molar-refractivity contribution in [2.24, 2.45) is 5.92 Å². The van der Waals surface area contributed by atoms with Gasteiger partial charge in [0.15, 0.2) is 5.78 Å². The lowest BCUT2D eigenvalue weighted by Gasteiger charge is -2.37. The molecule has 2 unspecified atom stereocenters. The summed E-state index contributed by atoms with van der Waals surface area (Å²) in [7, 11) is 0. The van der Waals surface area contributed by atoms with Crippen LogP contribution in [0.4, 0.5) is 9.18 Å². The Kier molecular flexibility index (Phi) is 5.30. The number of benzene rings is 2. The zero-order chi connectivity index (χ0) is 20.4. The number of carbonyl (C=O) groups excluding carboxylic acids is 2. The Bertz CT molecular complexity index is 956. The first-order chi connectivity index (χ1) is 14.1. The molecule has 2 atom stereocenters. The molecule has 2 aliphatic rings. The van der Waals surface area contributed by atoms with Crippen LogP contribution in [-0.4, -0.2) is 28.9 Å². The van der Waals surface area contributed by atoms with Gasteiger partial charge in [-0.05, 0) is 43.4 Å². The summed E-state index contributed by atoms with van der Waals surface area (Å²) in [5, 5.41) is 9.22. The topological polar surface area (TPSA) is 70.4 Å². The van der Waals surface area contributed by atoms with Crippen molar-refractivity contribution >= 4 is 11.9 Å². The predicted octanol–water partition coefficient (Wildman–Crippen LogP) is 4.46. The normalized spacial score (nSPS) is 22.8. The fraction of sp³-hybridized carbons (Fsp3) is 0.348. The van der Waals surface area contributed by atoms with Gasteiger partial charge in [0, 0.05) is 23.6 Å². The minimum Gasteiger partial charge on any atom is -0.445 e. The summed E-state index contributed by atoms with van der Waals surface area (Å²) in [6.07, 6.45) is 2.32. The molecule has 0 aromatic heterocycles. The number of piperidine rings is 1. The molecule has 5 nitrogen and oxygen atoms in total. The highest BCUT2D eigenvalue weighted by Crippen LogP contribution is 2.40. The van der Waals surface area contributed by atoms with Crippen molar-refractivity contribution < 1.29 is 18.7 Å². The smallest absolute Gasteiger partial charge is 0.410 e. The van der Waals surface area contributed by atoms with Crippen LogP contribution in [0.15, 0.2) is 48.5 Å². The molecule has 1 amide bonds. The van der Waals surface area contributed by atoms with E-state index in [4.69, 9.17) is 4.74 Å². The molecule has 2 fully saturated rings. The van der Waals surface area contributed by atoms with Gasteiger partial charge < -0.3 is 9.64 Å². The van der Waals surface area contributed by atoms with E-state index in [0.717, 1.165) is 18.4 Å². The van der Waals surface area contributed by atoms with E-state index in [0.29, 0.717) is 12.8 Å². The second kappa shape index (κ2) is 8.04. The van der Waals surface area contributed by atoms with Gasteiger partial charge in [-0.2, -0.15) is 5.26 Å². The number of nitrogens with zero attached hydrogens (tertiary/aromatic N) is 2. The number of ketones is 1. The summed E-state index contributed by atoms with van der Waals surface area (Å²) in [6, 6.07) is 15.3. The van der Waals surface area contributed by atoms with Crippen LogP contribution < -0.4 is 0 Å². The van der Waals surface area contributed by atoms with E-state index in [-0.39, 0.29) is 47.6 Å². The molecular weight excluding hydrogens is 371 g/mol. The minimum atomic E-state index is -0.678. The van der Waals surface area contributed by atoms with E-state index < -0.39 is 5.82 Å². The van der Waals surface area contributed by atoms with Gasteiger partial charge in [0.1, 0.15) is 18.5 Å². The molecule has 0 saturated carbocycles. The lowest BCUT2D eigenvalue weighted by atomic mass is 9.83. The van der Waals surface area contributed by atoms with E-state index in [1.807, 2.05) is 30.3 Å². The average molecular weight is 392 g/mol. The quantitative estimate of drug-likeness (QED) is 0.721. The molecule has 148 valence electrons. The molecular formula is C23H21FN2O3. The van der Waals surface area contributed by atoms with Gasteiger partial charge in [-0.25, -0.2) is 9.18 Å². The molecule has 2 aliphatic heterocycles. The van der Waals surface area contributed by atoms with Gasteiger partial charge in [0.05, 0.1) is 5.56 Å². The number of hydrogen-bond acceptors (Lipinski definition) is 4. The van der Waals surface area contributed by atoms with Gasteiger partial charge >= 0.3 is 6.09 Å². The lowest BCUT2D eigenvalue weighted by molar-refractivity contribution is 0.0485. The number of nitriles is 1. The third-order valence-corrected chi connectivity index (χ3v) is 5.91. The van der Waals surface area contributed by atoms with E-state index >= 15 is 0 Å². The Morgan fingerprint density at radius 3 is 2.41 bits per heavy atom. The van der Waals surface area contributed by atoms with E-state index in [9.17, 15) is 19.2 Å². The number of carbonyl (C=O) groups is 2. The van der Waals surface area contributed by atoms with Gasteiger partial charge in [-0.1, -0.05) is 36.4 Å². The molecule has 2 aromatic carbocycles. The van der Waals surface area contributed by atoms with Crippen LogP contribution in [0.2, 0.25) is 0 Å². The summed E-state index contributed by atoms with van der Waals surface area (Å²) in [5.74, 6) is -1.21. The predicted molar refractivity (Wildman–Crippen MR) is 103 cm³/mol. The van der Waals surface area contributed by atoms with Crippen molar-refractivity contribution in [3.05, 3.63) is 71.0 Å². The fourth-order valence-electron chi connectivity index (χ4n) is 4.55. The Balaban J connectivity index is 1.44. The van der Waals surface area contributed by atoms with Gasteiger partial charge in [0.2, 0.25) is 0 Å². The maximum absolute atomic E-state index is 13.9. The highest BCUT2D eigenvalue weighted by atomic mass is 19.1. The van der Waals surface area contributed by atoms with Crippen LogP contribution in [0.1, 0.15) is 47.2 Å². The van der Waals surface area contributed by atoms with E-state index in [1.54, 1.807) is 11.0 Å². The zero-order valence-corrected chi connectivity index (χ0v) is 15.9. The lowest BCUT2D eigenvalue weighted by Crippen LogP contribution is -2.48. The highest BCUT2D eigenvalue weighted by Gasteiger charge is 2.46. The second-order valence-electron chi connectivity index (χ2n) is 7.64. The molecule has 2 aromatic rings. The molecule has 2 bridgehead atoms. The molecule has 6 heteroatoms. The van der Waals surface area contributed by atoms with Crippen LogP contribution >= 0.6 is 0 Å². The first-order valence-electron chi connectivity index (χ1n) is 9.80. The van der Waals surface area contributed by atoms with Crippen molar-refractivity contribution in [3.63, 3.8) is 0 Å². The Hall–Kier alpha value is -3.20. The van der Waals surface area contributed by atoms with E-state index in [1.165, 1.54) is 18.2 Å². The third-order valence-electron chi connectivity index (χ3n) is 5.91. The fourth-order valence-corrected chi connectivity index (χ4v) is 4.55. The summed E-state index contributed by atoms with van der Waals surface area (Å²) in [6.45, 7) is 0.215. The standard InChI is InChI=1S/C23H21FN2O3/c24-21-8-4-7-19(20(21)13-25)22(27)16-11-17-9-10-18(12-16)26(17)23(28)29-14-15-5-2-1-3-6-15/h1-8,16-18H,9-12,14H2. The number of Topliss-reactive ketones (excluding diaryl/α,β-unsaturated/α-hetero) is 1. The molecule has 0 N–H and O–H groups in total. The molecule has 0 radical (unpaired) electrons. The minimum absolute atomic E-state index is 0.0648. The molecule has 2 heterocycles. The van der Waals surface area contributed by atoms with Crippen LogP contribution in [0.3, 0.4) is 0 Å². The van der Waals surface area contributed by atoms with Crippen LogP contribution in [-0.2, 0) is 11.3 Å². The van der Waals surface area contributed by atoms with Crippen molar-refractivity contribution in [2.45, 2.75) is 44.4 Å². The first-order valence-corrected chi connectivity index (χ1v) is 9.80. The van der Waals surface area contributed by atoms with Crippen molar-refractivity contribution in [2.75, 3.05) is 0 Å². The third kappa shape index (κ3) is 3.73. The van der Waals surface area contributed by atoms with E-state index in [2.05, 4.69) is 0 Å². The van der Waals surface area contributed by atoms with Gasteiger partial charge in [-0.3, -0.25) is 4.79 Å². The average Bonchev–Trinajstić information content (AvgIpc) is 3.01. The number of amides is 1. The Labute approximate surface area is 168 Å². The Morgan fingerprint density at radius 1 is 1.07 bits per heavy atom. The van der Waals surface area contributed by atoms with Crippen molar-refractivity contribution in [3.8, 4) is 6.07 Å². The maximum atomic E-state index is 13.9. The number of fused-ring (bicyclic) bond motifs is 2. The number of halogens is 1. The zero-order valence-electron chi connectivity index (χ0n) is 15.9. The molecule has 2 saturated heterocycles. The number of hydrogen-bond donors (Lipinski definition) is 0. The van der Waals surface area contributed by atoms with Crippen molar-refractivity contribution in [1.29, 1.82) is 5.26 Å². The van der Waals surface area contributed by atoms with Crippen molar-refractivity contribution in [1.82, 2.24) is 4.90 Å². The molecule has 29 heavy (non-hydrogen) atoms. The highest BCUT2D eigenvalue weighted by molar-refractivity contribution is 6.00. The largest absolute Gasteiger partial charge is 0.445 e.